The monoisotopic (exact) mass is 301 g/mol. The van der Waals surface area contributed by atoms with Gasteiger partial charge in [0.1, 0.15) is 12.7 Å². The fourth-order valence-electron chi connectivity index (χ4n) is 1.88. The third-order valence-corrected chi connectivity index (χ3v) is 3.33. The highest BCUT2D eigenvalue weighted by Gasteiger charge is 2.19. The molecule has 0 aliphatic carbocycles. The highest BCUT2D eigenvalue weighted by molar-refractivity contribution is 7.51. The molecular weight excluding hydrogens is 285 g/mol. The molecule has 0 radical (unpaired) electrons. The fraction of sp³-hybridized carbons (Fsp3) is 0.455. The second kappa shape index (κ2) is 5.99. The first-order valence-corrected chi connectivity index (χ1v) is 7.75. The molecule has 0 amide bonds. The van der Waals surface area contributed by atoms with E-state index in [9.17, 15) is 9.67 Å². The van der Waals surface area contributed by atoms with Crippen LogP contribution in [0.4, 0.5) is 0 Å². The molecule has 0 aliphatic heterocycles. The minimum atomic E-state index is -4.24. The van der Waals surface area contributed by atoms with Crippen molar-refractivity contribution in [3.8, 4) is 0 Å². The van der Waals surface area contributed by atoms with Crippen LogP contribution in [0.1, 0.15) is 11.4 Å². The van der Waals surface area contributed by atoms with Gasteiger partial charge in [-0.1, -0.05) is 0 Å². The molecule has 0 aliphatic rings. The minimum absolute atomic E-state index is 0.293. The average molecular weight is 301 g/mol. The quantitative estimate of drug-likeness (QED) is 0.647. The molecule has 20 heavy (non-hydrogen) atoms. The second-order valence-corrected chi connectivity index (χ2v) is 6.02. The van der Waals surface area contributed by atoms with Gasteiger partial charge in [0.25, 0.3) is 0 Å². The molecule has 0 bridgehead atoms. The van der Waals surface area contributed by atoms with Crippen molar-refractivity contribution in [3.63, 3.8) is 0 Å². The maximum Gasteiger partial charge on any atom is 0.350 e. The molecule has 0 spiro atoms. The Kier molecular flexibility index (Phi) is 4.52. The van der Waals surface area contributed by atoms with Crippen LogP contribution >= 0.6 is 7.60 Å². The van der Waals surface area contributed by atoms with E-state index < -0.39 is 20.0 Å². The predicted octanol–water partition coefficient (Wildman–Crippen LogP) is 0.0929. The molecule has 0 fully saturated rings. The van der Waals surface area contributed by atoms with Gasteiger partial charge >= 0.3 is 7.60 Å². The zero-order chi connectivity index (χ0) is 14.8. The number of aliphatic hydroxyl groups excluding tert-OH is 1. The van der Waals surface area contributed by atoms with Crippen LogP contribution in [0.25, 0.3) is 5.52 Å². The summed E-state index contributed by atoms with van der Waals surface area (Å²) in [6.45, 7) is 1.52. The lowest BCUT2D eigenvalue weighted by molar-refractivity contribution is 0.0300. The van der Waals surface area contributed by atoms with Crippen molar-refractivity contribution >= 4 is 13.1 Å². The van der Waals surface area contributed by atoms with Crippen LogP contribution in [0.3, 0.4) is 0 Å². The van der Waals surface area contributed by atoms with Gasteiger partial charge in [-0.25, -0.2) is 9.50 Å². The average Bonchev–Trinajstić information content (AvgIpc) is 2.78. The largest absolute Gasteiger partial charge is 0.394 e. The Bertz CT molecular complexity index is 638. The molecule has 1 unspecified atom stereocenters. The number of rotatable bonds is 6. The van der Waals surface area contributed by atoms with Crippen molar-refractivity contribution in [1.82, 2.24) is 14.6 Å². The van der Waals surface area contributed by atoms with Crippen molar-refractivity contribution in [2.45, 2.75) is 19.4 Å². The number of hydrogen-bond acceptors (Lipinski definition) is 5. The van der Waals surface area contributed by atoms with Crippen molar-refractivity contribution in [1.29, 1.82) is 0 Å². The molecule has 3 N–H and O–H groups in total. The SMILES string of the molecule is Cc1ncnn2c(CC(CO)OCP(=O)(O)O)ccc12. The van der Waals surface area contributed by atoms with E-state index in [0.29, 0.717) is 6.42 Å². The Labute approximate surface area is 115 Å². The van der Waals surface area contributed by atoms with Gasteiger partial charge in [0, 0.05) is 12.1 Å². The third-order valence-electron chi connectivity index (χ3n) is 2.84. The van der Waals surface area contributed by atoms with Crippen LogP contribution in [-0.4, -0.2) is 48.6 Å². The lowest BCUT2D eigenvalue weighted by atomic mass is 10.2. The Hall–Kier alpha value is -1.31. The van der Waals surface area contributed by atoms with Crippen LogP contribution in [-0.2, 0) is 15.7 Å². The van der Waals surface area contributed by atoms with E-state index in [0.717, 1.165) is 16.9 Å². The Morgan fingerprint density at radius 3 is 2.85 bits per heavy atom. The van der Waals surface area contributed by atoms with Gasteiger partial charge in [-0.3, -0.25) is 4.57 Å². The zero-order valence-electron chi connectivity index (χ0n) is 10.9. The van der Waals surface area contributed by atoms with Crippen LogP contribution in [0.5, 0.6) is 0 Å². The van der Waals surface area contributed by atoms with Gasteiger partial charge < -0.3 is 19.6 Å². The number of aryl methyl sites for hydroxylation is 1. The number of nitrogens with zero attached hydrogens (tertiary/aromatic N) is 3. The summed E-state index contributed by atoms with van der Waals surface area (Å²) in [4.78, 5) is 21.6. The Morgan fingerprint density at radius 1 is 1.45 bits per heavy atom. The lowest BCUT2D eigenvalue weighted by Gasteiger charge is -2.15. The van der Waals surface area contributed by atoms with E-state index in [1.165, 1.54) is 6.33 Å². The Balaban J connectivity index is 2.14. The van der Waals surface area contributed by atoms with Gasteiger partial charge in [-0.15, -0.1) is 0 Å². The Morgan fingerprint density at radius 2 is 2.20 bits per heavy atom. The third kappa shape index (κ3) is 3.62. The van der Waals surface area contributed by atoms with Gasteiger partial charge in [0.05, 0.1) is 23.9 Å². The van der Waals surface area contributed by atoms with Crippen molar-refractivity contribution in [2.24, 2.45) is 0 Å². The van der Waals surface area contributed by atoms with Gasteiger partial charge in [-0.2, -0.15) is 5.10 Å². The van der Waals surface area contributed by atoms with Crippen LogP contribution in [0.15, 0.2) is 18.5 Å². The van der Waals surface area contributed by atoms with Crippen LogP contribution in [0, 0.1) is 6.92 Å². The maximum atomic E-state index is 10.8. The number of hydrogen-bond donors (Lipinski definition) is 3. The molecular formula is C11H16N3O5P. The van der Waals surface area contributed by atoms with Crippen molar-refractivity contribution < 1.29 is 24.2 Å². The number of fused-ring (bicyclic) bond motifs is 1. The molecule has 1 atom stereocenters. The van der Waals surface area contributed by atoms with Gasteiger partial charge in [0.15, 0.2) is 0 Å². The van der Waals surface area contributed by atoms with E-state index in [2.05, 4.69) is 10.1 Å². The fourth-order valence-corrected chi connectivity index (χ4v) is 2.28. The zero-order valence-corrected chi connectivity index (χ0v) is 11.8. The molecule has 9 heteroatoms. The van der Waals surface area contributed by atoms with Gasteiger partial charge in [0.2, 0.25) is 0 Å². The summed E-state index contributed by atoms with van der Waals surface area (Å²) in [5.41, 5.74) is 2.44. The van der Waals surface area contributed by atoms with Crippen LogP contribution < -0.4 is 0 Å². The molecule has 2 aromatic heterocycles. The minimum Gasteiger partial charge on any atom is -0.394 e. The highest BCUT2D eigenvalue weighted by atomic mass is 31.2. The molecule has 2 heterocycles. The summed E-state index contributed by atoms with van der Waals surface area (Å²) in [6, 6.07) is 3.67. The van der Waals surface area contributed by atoms with E-state index in [-0.39, 0.29) is 6.61 Å². The van der Waals surface area contributed by atoms with Crippen molar-refractivity contribution in [2.75, 3.05) is 13.0 Å². The first kappa shape index (κ1) is 15.1. The van der Waals surface area contributed by atoms with E-state index in [4.69, 9.17) is 14.5 Å². The topological polar surface area (TPSA) is 117 Å². The highest BCUT2D eigenvalue weighted by Crippen LogP contribution is 2.34. The number of aromatic nitrogens is 3. The smallest absolute Gasteiger partial charge is 0.350 e. The van der Waals surface area contributed by atoms with E-state index in [1.807, 2.05) is 19.1 Å². The maximum absolute atomic E-state index is 10.8. The first-order valence-electron chi connectivity index (χ1n) is 5.96. The molecule has 110 valence electrons. The lowest BCUT2D eigenvalue weighted by Crippen LogP contribution is -2.22. The predicted molar refractivity (Wildman–Crippen MR) is 70.3 cm³/mol. The molecule has 0 saturated carbocycles. The summed E-state index contributed by atoms with van der Waals surface area (Å²) < 4.78 is 17.5. The van der Waals surface area contributed by atoms with Crippen LogP contribution in [0.2, 0.25) is 0 Å². The summed E-state index contributed by atoms with van der Waals surface area (Å²) in [6.07, 6.45) is 0.309. The van der Waals surface area contributed by atoms with E-state index >= 15 is 0 Å². The number of ether oxygens (including phenoxy) is 1. The summed E-state index contributed by atoms with van der Waals surface area (Å²) in [7, 11) is -4.24. The van der Waals surface area contributed by atoms with E-state index in [1.54, 1.807) is 4.52 Å². The summed E-state index contributed by atoms with van der Waals surface area (Å²) in [5.74, 6) is 0. The molecule has 2 rings (SSSR count). The molecule has 2 aromatic rings. The molecule has 8 nitrogen and oxygen atoms in total. The normalized spacial score (nSPS) is 13.8. The van der Waals surface area contributed by atoms with Crippen molar-refractivity contribution in [3.05, 3.63) is 29.8 Å². The summed E-state index contributed by atoms with van der Waals surface area (Å²) >= 11 is 0. The molecule has 0 saturated heterocycles. The first-order chi connectivity index (χ1) is 9.40. The summed E-state index contributed by atoms with van der Waals surface area (Å²) in [5, 5.41) is 13.3. The van der Waals surface area contributed by atoms with Gasteiger partial charge in [-0.05, 0) is 19.1 Å². The molecule has 0 aromatic carbocycles. The number of aliphatic hydroxyl groups is 1. The standard InChI is InChI=1S/C11H16N3O5P/c1-8-11-3-2-9(14(11)13-6-12-8)4-10(5-15)19-7-20(16,17)18/h2-3,6,10,15H,4-5,7H2,1H3,(H2,16,17,18). The second-order valence-electron chi connectivity index (χ2n) is 4.44.